The van der Waals surface area contributed by atoms with Gasteiger partial charge in [0.05, 0.1) is 0 Å². The Bertz CT molecular complexity index is 248. The summed E-state index contributed by atoms with van der Waals surface area (Å²) in [7, 11) is 1.79. The zero-order chi connectivity index (χ0) is 9.84. The number of aryl methyl sites for hydroxylation is 2. The molecular weight excluding hydrogens is 166 g/mol. The Morgan fingerprint density at radius 2 is 2.23 bits per heavy atom. The van der Waals surface area contributed by atoms with Crippen LogP contribution in [0.5, 0.6) is 0 Å². The molecule has 0 bridgehead atoms. The molecule has 1 unspecified atom stereocenters. The van der Waals surface area contributed by atoms with Crippen LogP contribution in [-0.2, 0) is 13.5 Å². The van der Waals surface area contributed by atoms with Crippen LogP contribution in [-0.4, -0.2) is 21.3 Å². The average Bonchev–Trinajstić information content (AvgIpc) is 2.42. The predicted molar refractivity (Wildman–Crippen MR) is 52.0 cm³/mol. The van der Waals surface area contributed by atoms with Gasteiger partial charge in [0.2, 0.25) is 5.95 Å². The van der Waals surface area contributed by atoms with Gasteiger partial charge in [-0.1, -0.05) is 6.92 Å². The van der Waals surface area contributed by atoms with Crippen LogP contribution < -0.4 is 11.5 Å². The Balaban J connectivity index is 2.45. The summed E-state index contributed by atoms with van der Waals surface area (Å²) >= 11 is 0. The molecule has 0 aliphatic rings. The molecule has 0 fully saturated rings. The molecule has 5 nitrogen and oxygen atoms in total. The molecule has 0 aromatic carbocycles. The van der Waals surface area contributed by atoms with Gasteiger partial charge in [-0.25, -0.2) is 4.68 Å². The molecule has 74 valence electrons. The third-order valence-corrected chi connectivity index (χ3v) is 2.10. The summed E-state index contributed by atoms with van der Waals surface area (Å²) in [6, 6.07) is 0. The fraction of sp³-hybridized carbons (Fsp3) is 0.750. The van der Waals surface area contributed by atoms with Crippen molar-refractivity contribution in [2.75, 3.05) is 12.3 Å². The molecular formula is C8H17N5. The summed E-state index contributed by atoms with van der Waals surface area (Å²) in [4.78, 5) is 4.11. The van der Waals surface area contributed by atoms with Crippen molar-refractivity contribution in [1.82, 2.24) is 14.8 Å². The van der Waals surface area contributed by atoms with E-state index in [2.05, 4.69) is 17.0 Å². The van der Waals surface area contributed by atoms with E-state index in [9.17, 15) is 0 Å². The fourth-order valence-electron chi connectivity index (χ4n) is 1.05. The normalized spacial score (nSPS) is 13.2. The molecule has 1 atom stereocenters. The first kappa shape index (κ1) is 9.98. The van der Waals surface area contributed by atoms with Crippen LogP contribution in [0.15, 0.2) is 0 Å². The van der Waals surface area contributed by atoms with Gasteiger partial charge in [-0.2, -0.15) is 10.1 Å². The Kier molecular flexibility index (Phi) is 3.25. The lowest BCUT2D eigenvalue weighted by Gasteiger charge is -2.04. The Morgan fingerprint density at radius 1 is 1.54 bits per heavy atom. The highest BCUT2D eigenvalue weighted by atomic mass is 15.4. The summed E-state index contributed by atoms with van der Waals surface area (Å²) in [5.41, 5.74) is 11.0. The van der Waals surface area contributed by atoms with Gasteiger partial charge >= 0.3 is 0 Å². The quantitative estimate of drug-likeness (QED) is 0.684. The second kappa shape index (κ2) is 4.23. The molecule has 0 saturated carbocycles. The van der Waals surface area contributed by atoms with E-state index in [0.717, 1.165) is 18.7 Å². The standard InChI is InChI=1S/C8H17N5/c1-6(5-9)3-4-7-11-8(10)13(2)12-7/h6H,3-5,9H2,1-2H3,(H2,10,11,12). The number of hydrogen-bond acceptors (Lipinski definition) is 4. The molecule has 1 heterocycles. The third kappa shape index (κ3) is 2.69. The van der Waals surface area contributed by atoms with Crippen LogP contribution >= 0.6 is 0 Å². The van der Waals surface area contributed by atoms with Gasteiger partial charge in [0, 0.05) is 13.5 Å². The van der Waals surface area contributed by atoms with E-state index >= 15 is 0 Å². The van der Waals surface area contributed by atoms with E-state index in [4.69, 9.17) is 11.5 Å². The molecule has 0 aliphatic carbocycles. The molecule has 5 heteroatoms. The molecule has 1 aromatic rings. The van der Waals surface area contributed by atoms with Crippen LogP contribution in [0.25, 0.3) is 0 Å². The van der Waals surface area contributed by atoms with Crippen LogP contribution in [0.1, 0.15) is 19.2 Å². The van der Waals surface area contributed by atoms with Crippen LogP contribution in [0.4, 0.5) is 5.95 Å². The number of anilines is 1. The lowest BCUT2D eigenvalue weighted by molar-refractivity contribution is 0.534. The SMILES string of the molecule is CC(CN)CCc1nc(N)n(C)n1. The summed E-state index contributed by atoms with van der Waals surface area (Å²) in [5.74, 6) is 1.79. The van der Waals surface area contributed by atoms with Crippen molar-refractivity contribution in [3.8, 4) is 0 Å². The molecule has 4 N–H and O–H groups in total. The number of nitrogens with zero attached hydrogens (tertiary/aromatic N) is 3. The van der Waals surface area contributed by atoms with Gasteiger partial charge in [-0.05, 0) is 18.9 Å². The molecule has 0 radical (unpaired) electrons. The largest absolute Gasteiger partial charge is 0.368 e. The van der Waals surface area contributed by atoms with Crippen molar-refractivity contribution in [1.29, 1.82) is 0 Å². The molecule has 0 spiro atoms. The first-order chi connectivity index (χ1) is 6.13. The van der Waals surface area contributed by atoms with Crippen LogP contribution in [0.2, 0.25) is 0 Å². The van der Waals surface area contributed by atoms with Crippen LogP contribution in [0, 0.1) is 5.92 Å². The van der Waals surface area contributed by atoms with Crippen molar-refractivity contribution >= 4 is 5.95 Å². The topological polar surface area (TPSA) is 82.7 Å². The van der Waals surface area contributed by atoms with Crippen molar-refractivity contribution in [2.45, 2.75) is 19.8 Å². The van der Waals surface area contributed by atoms with Crippen molar-refractivity contribution < 1.29 is 0 Å². The summed E-state index contributed by atoms with van der Waals surface area (Å²) in [5, 5.41) is 4.16. The Hall–Kier alpha value is -1.10. The number of nitrogen functional groups attached to an aromatic ring is 1. The maximum atomic E-state index is 5.54. The van der Waals surface area contributed by atoms with Crippen molar-refractivity contribution in [3.63, 3.8) is 0 Å². The third-order valence-electron chi connectivity index (χ3n) is 2.10. The monoisotopic (exact) mass is 183 g/mol. The second-order valence-electron chi connectivity index (χ2n) is 3.39. The predicted octanol–water partition coefficient (Wildman–Crippen LogP) is -0.0753. The Labute approximate surface area is 78.1 Å². The molecule has 0 saturated heterocycles. The van der Waals surface area contributed by atoms with Gasteiger partial charge < -0.3 is 11.5 Å². The average molecular weight is 183 g/mol. The van der Waals surface area contributed by atoms with Gasteiger partial charge in [0.25, 0.3) is 0 Å². The molecule has 13 heavy (non-hydrogen) atoms. The summed E-state index contributed by atoms with van der Waals surface area (Å²) in [6.07, 6.45) is 1.86. The molecule has 1 rings (SSSR count). The zero-order valence-corrected chi connectivity index (χ0v) is 8.20. The van der Waals surface area contributed by atoms with E-state index < -0.39 is 0 Å². The lowest BCUT2D eigenvalue weighted by atomic mass is 10.1. The maximum Gasteiger partial charge on any atom is 0.218 e. The maximum absolute atomic E-state index is 5.54. The van der Waals surface area contributed by atoms with Gasteiger partial charge in [0.1, 0.15) is 0 Å². The van der Waals surface area contributed by atoms with Gasteiger partial charge in [-0.15, -0.1) is 0 Å². The van der Waals surface area contributed by atoms with Crippen LogP contribution in [0.3, 0.4) is 0 Å². The van der Waals surface area contributed by atoms with E-state index in [0.29, 0.717) is 18.4 Å². The number of aromatic nitrogens is 3. The molecule has 0 aliphatic heterocycles. The highest BCUT2D eigenvalue weighted by Crippen LogP contribution is 2.06. The Morgan fingerprint density at radius 3 is 2.69 bits per heavy atom. The van der Waals surface area contributed by atoms with E-state index in [1.807, 2.05) is 0 Å². The molecule has 1 aromatic heterocycles. The smallest absolute Gasteiger partial charge is 0.218 e. The minimum absolute atomic E-state index is 0.468. The first-order valence-electron chi connectivity index (χ1n) is 4.49. The number of rotatable bonds is 4. The highest BCUT2D eigenvalue weighted by Gasteiger charge is 2.05. The van der Waals surface area contributed by atoms with Crippen molar-refractivity contribution in [3.05, 3.63) is 5.82 Å². The van der Waals surface area contributed by atoms with Gasteiger partial charge in [-0.3, -0.25) is 0 Å². The van der Waals surface area contributed by atoms with Crippen molar-refractivity contribution in [2.24, 2.45) is 18.7 Å². The minimum Gasteiger partial charge on any atom is -0.368 e. The first-order valence-corrected chi connectivity index (χ1v) is 4.49. The number of nitrogens with two attached hydrogens (primary N) is 2. The number of hydrogen-bond donors (Lipinski definition) is 2. The van der Waals surface area contributed by atoms with E-state index in [-0.39, 0.29) is 0 Å². The van der Waals surface area contributed by atoms with Gasteiger partial charge in [0.15, 0.2) is 5.82 Å². The van der Waals surface area contributed by atoms with E-state index in [1.54, 1.807) is 11.7 Å². The fourth-order valence-corrected chi connectivity index (χ4v) is 1.05. The summed E-state index contributed by atoms with van der Waals surface area (Å²) in [6.45, 7) is 2.83. The lowest BCUT2D eigenvalue weighted by Crippen LogP contribution is -2.11. The van der Waals surface area contributed by atoms with E-state index in [1.165, 1.54) is 0 Å². The minimum atomic E-state index is 0.468. The summed E-state index contributed by atoms with van der Waals surface area (Å²) < 4.78 is 1.59. The second-order valence-corrected chi connectivity index (χ2v) is 3.39. The molecule has 0 amide bonds. The highest BCUT2D eigenvalue weighted by molar-refractivity contribution is 5.15. The zero-order valence-electron chi connectivity index (χ0n) is 8.20.